The Morgan fingerprint density at radius 2 is 1.76 bits per heavy atom. The Balaban J connectivity index is 1.53. The summed E-state index contributed by atoms with van der Waals surface area (Å²) in [6.45, 7) is 2.40. The van der Waals surface area contributed by atoms with E-state index < -0.39 is 0 Å². The van der Waals surface area contributed by atoms with E-state index in [-0.39, 0.29) is 0 Å². The highest BCUT2D eigenvalue weighted by Crippen LogP contribution is 2.34. The number of aromatic nitrogens is 1. The summed E-state index contributed by atoms with van der Waals surface area (Å²) in [7, 11) is 0. The molecule has 0 atom stereocenters. The molecule has 2 nitrogen and oxygen atoms in total. The third-order valence-electron chi connectivity index (χ3n) is 5.88. The zero-order valence-corrected chi connectivity index (χ0v) is 15.5. The Labute approximate surface area is 153 Å². The highest BCUT2D eigenvalue weighted by Gasteiger charge is 2.35. The molecular formula is C22H25N2S+. The lowest BCUT2D eigenvalue weighted by Crippen LogP contribution is -2.51. The van der Waals surface area contributed by atoms with Crippen molar-refractivity contribution in [3.05, 3.63) is 47.8 Å². The van der Waals surface area contributed by atoms with E-state index in [4.69, 9.17) is 0 Å². The van der Waals surface area contributed by atoms with Crippen LogP contribution in [0, 0.1) is 0 Å². The van der Waals surface area contributed by atoms with Crippen LogP contribution >= 0.6 is 11.3 Å². The van der Waals surface area contributed by atoms with Gasteiger partial charge in [0, 0.05) is 17.4 Å². The SMILES string of the molecule is c1ccc2cc(-c3csc4[n+]3CCCN4C3CCCCC3)ccc2c1. The molecule has 1 fully saturated rings. The molecule has 0 amide bonds. The molecule has 2 heterocycles. The van der Waals surface area contributed by atoms with Crippen LogP contribution in [0.4, 0.5) is 5.13 Å². The summed E-state index contributed by atoms with van der Waals surface area (Å²) in [6.07, 6.45) is 8.27. The van der Waals surface area contributed by atoms with Crippen molar-refractivity contribution < 1.29 is 4.57 Å². The van der Waals surface area contributed by atoms with Gasteiger partial charge in [0.1, 0.15) is 5.69 Å². The molecule has 25 heavy (non-hydrogen) atoms. The Bertz CT molecular complexity index is 892. The van der Waals surface area contributed by atoms with E-state index in [1.165, 1.54) is 72.2 Å². The minimum Gasteiger partial charge on any atom is -0.250 e. The van der Waals surface area contributed by atoms with Crippen LogP contribution in [0.3, 0.4) is 0 Å². The van der Waals surface area contributed by atoms with E-state index in [1.54, 1.807) is 0 Å². The van der Waals surface area contributed by atoms with E-state index >= 15 is 0 Å². The molecule has 2 aliphatic rings. The minimum absolute atomic E-state index is 0.767. The van der Waals surface area contributed by atoms with E-state index in [0.29, 0.717) is 0 Å². The molecule has 0 unspecified atom stereocenters. The first-order chi connectivity index (χ1) is 12.4. The van der Waals surface area contributed by atoms with Crippen molar-refractivity contribution in [3.8, 4) is 11.3 Å². The van der Waals surface area contributed by atoms with E-state index in [2.05, 4.69) is 57.3 Å². The fourth-order valence-electron chi connectivity index (χ4n) is 4.58. The number of anilines is 1. The molecule has 5 rings (SSSR count). The van der Waals surface area contributed by atoms with Gasteiger partial charge in [0.05, 0.1) is 19.1 Å². The molecule has 0 bridgehead atoms. The van der Waals surface area contributed by atoms with Gasteiger partial charge < -0.3 is 0 Å². The number of hydrogen-bond acceptors (Lipinski definition) is 2. The molecule has 0 radical (unpaired) electrons. The van der Waals surface area contributed by atoms with Crippen molar-refractivity contribution in [2.24, 2.45) is 0 Å². The molecule has 1 saturated carbocycles. The molecule has 128 valence electrons. The predicted molar refractivity (Wildman–Crippen MR) is 106 cm³/mol. The third kappa shape index (κ3) is 2.75. The third-order valence-corrected chi connectivity index (χ3v) is 6.89. The number of nitrogens with zero attached hydrogens (tertiary/aromatic N) is 2. The Hall–Kier alpha value is -1.87. The molecule has 3 heteroatoms. The highest BCUT2D eigenvalue weighted by molar-refractivity contribution is 7.13. The van der Waals surface area contributed by atoms with E-state index in [9.17, 15) is 0 Å². The second kappa shape index (κ2) is 6.45. The maximum atomic E-state index is 2.72. The van der Waals surface area contributed by atoms with Gasteiger partial charge in [-0.2, -0.15) is 0 Å². The summed E-state index contributed by atoms with van der Waals surface area (Å²) >= 11 is 1.94. The molecule has 2 aromatic carbocycles. The summed E-state index contributed by atoms with van der Waals surface area (Å²) in [4.78, 5) is 2.72. The summed E-state index contributed by atoms with van der Waals surface area (Å²) in [5, 5.41) is 6.52. The number of fused-ring (bicyclic) bond motifs is 2. The van der Waals surface area contributed by atoms with Gasteiger partial charge in [-0.25, -0.2) is 9.47 Å². The number of benzene rings is 2. The number of rotatable bonds is 2. The van der Waals surface area contributed by atoms with Crippen molar-refractivity contribution >= 4 is 27.2 Å². The predicted octanol–water partition coefficient (Wildman–Crippen LogP) is 5.40. The van der Waals surface area contributed by atoms with Crippen molar-refractivity contribution in [1.82, 2.24) is 0 Å². The monoisotopic (exact) mass is 349 g/mol. The van der Waals surface area contributed by atoms with Crippen LogP contribution in [0.2, 0.25) is 0 Å². The van der Waals surface area contributed by atoms with Crippen LogP contribution in [-0.4, -0.2) is 12.6 Å². The summed E-state index contributed by atoms with van der Waals surface area (Å²) in [5.74, 6) is 0. The van der Waals surface area contributed by atoms with E-state index in [1.807, 2.05) is 11.3 Å². The quantitative estimate of drug-likeness (QED) is 0.562. The zero-order chi connectivity index (χ0) is 16.6. The van der Waals surface area contributed by atoms with Gasteiger partial charge in [-0.3, -0.25) is 0 Å². The average Bonchev–Trinajstić information content (AvgIpc) is 3.12. The summed E-state index contributed by atoms with van der Waals surface area (Å²) < 4.78 is 2.58. The van der Waals surface area contributed by atoms with Crippen LogP contribution in [-0.2, 0) is 6.54 Å². The van der Waals surface area contributed by atoms with Crippen LogP contribution in [0.1, 0.15) is 38.5 Å². The molecule has 1 aliphatic heterocycles. The largest absolute Gasteiger partial charge is 0.336 e. The van der Waals surface area contributed by atoms with Gasteiger partial charge in [0.2, 0.25) is 0 Å². The lowest BCUT2D eigenvalue weighted by Gasteiger charge is -2.31. The van der Waals surface area contributed by atoms with Gasteiger partial charge in [-0.15, -0.1) is 0 Å². The van der Waals surface area contributed by atoms with Crippen LogP contribution in [0.5, 0.6) is 0 Å². The number of hydrogen-bond donors (Lipinski definition) is 0. The van der Waals surface area contributed by atoms with Crippen LogP contribution in [0.25, 0.3) is 22.0 Å². The van der Waals surface area contributed by atoms with Gasteiger partial charge in [0.15, 0.2) is 0 Å². The molecule has 0 spiro atoms. The molecular weight excluding hydrogens is 324 g/mol. The normalized spacial score (nSPS) is 18.5. The molecule has 1 aliphatic carbocycles. The fraction of sp³-hybridized carbons (Fsp3) is 0.409. The minimum atomic E-state index is 0.767. The molecule has 1 aromatic heterocycles. The zero-order valence-electron chi connectivity index (χ0n) is 14.7. The standard InChI is InChI=1S/C22H25N2S/c1-2-9-20(10-3-1)23-13-6-14-24-21(16-25-22(23)24)19-12-11-17-7-4-5-8-18(17)15-19/h4-5,7-8,11-12,15-16,20H,1-3,6,9-10,13-14H2/q+1. The average molecular weight is 350 g/mol. The maximum absolute atomic E-state index is 2.72. The van der Waals surface area contributed by atoms with Gasteiger partial charge in [-0.1, -0.05) is 54.2 Å². The van der Waals surface area contributed by atoms with Gasteiger partial charge in [-0.05, 0) is 42.5 Å². The van der Waals surface area contributed by atoms with Crippen molar-refractivity contribution in [1.29, 1.82) is 0 Å². The van der Waals surface area contributed by atoms with Crippen LogP contribution < -0.4 is 9.47 Å². The number of thiazole rings is 1. The lowest BCUT2D eigenvalue weighted by molar-refractivity contribution is -0.674. The van der Waals surface area contributed by atoms with Crippen molar-refractivity contribution in [3.63, 3.8) is 0 Å². The highest BCUT2D eigenvalue weighted by atomic mass is 32.1. The smallest absolute Gasteiger partial charge is 0.250 e. The fourth-order valence-corrected chi connectivity index (χ4v) is 5.75. The van der Waals surface area contributed by atoms with Gasteiger partial charge in [0.25, 0.3) is 0 Å². The second-order valence-electron chi connectivity index (χ2n) is 7.46. The molecule has 0 N–H and O–H groups in total. The first-order valence-corrected chi connectivity index (χ1v) is 10.6. The maximum Gasteiger partial charge on any atom is 0.336 e. The summed E-state index contributed by atoms with van der Waals surface area (Å²) in [6, 6.07) is 16.3. The lowest BCUT2D eigenvalue weighted by atomic mass is 9.94. The van der Waals surface area contributed by atoms with E-state index in [0.717, 1.165) is 12.6 Å². The second-order valence-corrected chi connectivity index (χ2v) is 8.29. The molecule has 0 saturated heterocycles. The Morgan fingerprint density at radius 3 is 2.64 bits per heavy atom. The topological polar surface area (TPSA) is 7.12 Å². The van der Waals surface area contributed by atoms with Crippen molar-refractivity contribution in [2.75, 3.05) is 11.4 Å². The summed E-state index contributed by atoms with van der Waals surface area (Å²) in [5.41, 5.74) is 2.75. The molecule has 3 aromatic rings. The Kier molecular flexibility index (Phi) is 3.97. The van der Waals surface area contributed by atoms with Crippen LogP contribution in [0.15, 0.2) is 47.8 Å². The van der Waals surface area contributed by atoms with Gasteiger partial charge >= 0.3 is 5.13 Å². The first-order valence-electron chi connectivity index (χ1n) is 9.67. The first kappa shape index (κ1) is 15.4. The van der Waals surface area contributed by atoms with Crippen molar-refractivity contribution in [2.45, 2.75) is 51.1 Å². The Morgan fingerprint density at radius 1 is 0.920 bits per heavy atom.